The highest BCUT2D eigenvalue weighted by atomic mass is 19.4. The van der Waals surface area contributed by atoms with E-state index in [9.17, 15) is 18.0 Å². The van der Waals surface area contributed by atoms with Crippen molar-refractivity contribution in [1.82, 2.24) is 10.2 Å². The van der Waals surface area contributed by atoms with Gasteiger partial charge in [0, 0.05) is 19.6 Å². The zero-order valence-corrected chi connectivity index (χ0v) is 6.64. The fourth-order valence-electron chi connectivity index (χ4n) is 1.15. The Morgan fingerprint density at radius 3 is 2.62 bits per heavy atom. The second-order valence-corrected chi connectivity index (χ2v) is 2.76. The standard InChI is InChI=1S/C6H9F3N2O2/c7-6(8,9)11-2-1-10-4(3-11)5(12)13/h4,10H,1-3H2,(H,12,13). The van der Waals surface area contributed by atoms with E-state index in [0.29, 0.717) is 0 Å². The number of carboxylic acid groups (broad SMARTS) is 1. The first kappa shape index (κ1) is 10.3. The number of halogens is 3. The summed E-state index contributed by atoms with van der Waals surface area (Å²) < 4.78 is 36.2. The fraction of sp³-hybridized carbons (Fsp3) is 0.833. The summed E-state index contributed by atoms with van der Waals surface area (Å²) in [6.45, 7) is -0.692. The Balaban J connectivity index is 2.57. The van der Waals surface area contributed by atoms with Crippen LogP contribution in [0.15, 0.2) is 0 Å². The maximum atomic E-state index is 12.1. The highest BCUT2D eigenvalue weighted by molar-refractivity contribution is 5.73. The van der Waals surface area contributed by atoms with E-state index in [2.05, 4.69) is 5.32 Å². The number of aliphatic carboxylic acids is 1. The Bertz CT molecular complexity index is 207. The van der Waals surface area contributed by atoms with E-state index in [1.165, 1.54) is 0 Å². The molecule has 1 unspecified atom stereocenters. The third kappa shape index (κ3) is 2.56. The van der Waals surface area contributed by atoms with Crippen LogP contribution in [0, 0.1) is 0 Å². The summed E-state index contributed by atoms with van der Waals surface area (Å²) in [5, 5.41) is 10.9. The van der Waals surface area contributed by atoms with Crippen molar-refractivity contribution in [1.29, 1.82) is 0 Å². The second kappa shape index (κ2) is 3.51. The molecule has 1 aliphatic rings. The molecule has 0 spiro atoms. The number of nitrogens with one attached hydrogen (secondary N) is 1. The van der Waals surface area contributed by atoms with Gasteiger partial charge in [0.1, 0.15) is 6.04 Å². The van der Waals surface area contributed by atoms with Crippen LogP contribution in [0.1, 0.15) is 0 Å². The van der Waals surface area contributed by atoms with Gasteiger partial charge in [-0.25, -0.2) is 4.90 Å². The molecule has 0 aliphatic carbocycles. The lowest BCUT2D eigenvalue weighted by atomic mass is 10.2. The van der Waals surface area contributed by atoms with Crippen molar-refractivity contribution >= 4 is 5.97 Å². The van der Waals surface area contributed by atoms with Crippen molar-refractivity contribution in [3.63, 3.8) is 0 Å². The molecule has 0 bridgehead atoms. The molecule has 0 amide bonds. The number of piperazine rings is 1. The van der Waals surface area contributed by atoms with Crippen LogP contribution in [0.5, 0.6) is 0 Å². The Labute approximate surface area is 72.3 Å². The molecule has 7 heteroatoms. The molecule has 4 nitrogen and oxygen atoms in total. The highest BCUT2D eigenvalue weighted by Crippen LogP contribution is 2.22. The maximum absolute atomic E-state index is 12.1. The summed E-state index contributed by atoms with van der Waals surface area (Å²) >= 11 is 0. The van der Waals surface area contributed by atoms with Gasteiger partial charge in [-0.3, -0.25) is 4.79 Å². The number of rotatable bonds is 1. The van der Waals surface area contributed by atoms with Crippen LogP contribution in [0.3, 0.4) is 0 Å². The largest absolute Gasteiger partial charge is 0.480 e. The monoisotopic (exact) mass is 198 g/mol. The first-order valence-electron chi connectivity index (χ1n) is 3.69. The number of carboxylic acids is 1. The molecule has 0 radical (unpaired) electrons. The van der Waals surface area contributed by atoms with Crippen LogP contribution in [0.4, 0.5) is 13.2 Å². The smallest absolute Gasteiger partial charge is 0.460 e. The highest BCUT2D eigenvalue weighted by Gasteiger charge is 2.41. The number of alkyl halides is 3. The lowest BCUT2D eigenvalue weighted by Gasteiger charge is -2.32. The van der Waals surface area contributed by atoms with Gasteiger partial charge in [0.2, 0.25) is 0 Å². The molecule has 1 saturated heterocycles. The Kier molecular flexibility index (Phi) is 2.77. The Hall–Kier alpha value is -0.820. The minimum Gasteiger partial charge on any atom is -0.480 e. The summed E-state index contributed by atoms with van der Waals surface area (Å²) in [4.78, 5) is 10.6. The van der Waals surface area contributed by atoms with E-state index in [-0.39, 0.29) is 18.0 Å². The van der Waals surface area contributed by atoms with Crippen LogP contribution in [0.2, 0.25) is 0 Å². The van der Waals surface area contributed by atoms with E-state index in [4.69, 9.17) is 5.11 Å². The van der Waals surface area contributed by atoms with Crippen LogP contribution < -0.4 is 5.32 Å². The summed E-state index contributed by atoms with van der Waals surface area (Å²) in [5.74, 6) is -1.26. The van der Waals surface area contributed by atoms with Gasteiger partial charge in [-0.1, -0.05) is 0 Å². The number of carbonyl (C=O) groups is 1. The normalized spacial score (nSPS) is 25.9. The molecule has 0 aromatic rings. The molecule has 0 aromatic heterocycles. The minimum absolute atomic E-state index is 0.0382. The van der Waals surface area contributed by atoms with Gasteiger partial charge in [-0.05, 0) is 0 Å². The van der Waals surface area contributed by atoms with Crippen molar-refractivity contribution in [2.75, 3.05) is 19.6 Å². The Morgan fingerprint density at radius 1 is 1.54 bits per heavy atom. The van der Waals surface area contributed by atoms with E-state index < -0.39 is 24.9 Å². The molecule has 76 valence electrons. The third-order valence-corrected chi connectivity index (χ3v) is 1.83. The summed E-state index contributed by atoms with van der Waals surface area (Å²) in [7, 11) is 0. The van der Waals surface area contributed by atoms with Gasteiger partial charge in [0.25, 0.3) is 0 Å². The molecule has 1 rings (SSSR count). The molecule has 1 atom stereocenters. The molecular weight excluding hydrogens is 189 g/mol. The minimum atomic E-state index is -4.43. The summed E-state index contributed by atoms with van der Waals surface area (Å²) in [5.41, 5.74) is 0. The molecule has 1 heterocycles. The topological polar surface area (TPSA) is 52.6 Å². The fourth-order valence-corrected chi connectivity index (χ4v) is 1.15. The lowest BCUT2D eigenvalue weighted by molar-refractivity contribution is -0.250. The molecule has 1 aliphatic heterocycles. The van der Waals surface area contributed by atoms with Gasteiger partial charge in [-0.15, -0.1) is 0 Å². The maximum Gasteiger partial charge on any atom is 0.460 e. The van der Waals surface area contributed by atoms with Crippen LogP contribution >= 0.6 is 0 Å². The average molecular weight is 198 g/mol. The number of hydrogen-bond donors (Lipinski definition) is 2. The molecule has 1 fully saturated rings. The number of nitrogens with zero attached hydrogens (tertiary/aromatic N) is 1. The first-order chi connectivity index (χ1) is 5.91. The van der Waals surface area contributed by atoms with Crippen LogP contribution in [-0.4, -0.2) is 48.0 Å². The molecule has 0 saturated carbocycles. The van der Waals surface area contributed by atoms with E-state index in [1.54, 1.807) is 0 Å². The second-order valence-electron chi connectivity index (χ2n) is 2.76. The van der Waals surface area contributed by atoms with Crippen LogP contribution in [0.25, 0.3) is 0 Å². The van der Waals surface area contributed by atoms with Gasteiger partial charge in [-0.2, -0.15) is 13.2 Å². The van der Waals surface area contributed by atoms with Crippen molar-refractivity contribution in [2.45, 2.75) is 12.3 Å². The first-order valence-corrected chi connectivity index (χ1v) is 3.69. The predicted molar refractivity (Wildman–Crippen MR) is 37.1 cm³/mol. The average Bonchev–Trinajstić information content (AvgIpc) is 2.03. The molecular formula is C6H9F3N2O2. The lowest BCUT2D eigenvalue weighted by Crippen LogP contribution is -2.57. The van der Waals surface area contributed by atoms with Gasteiger partial charge in [0.05, 0.1) is 0 Å². The van der Waals surface area contributed by atoms with E-state index in [1.807, 2.05) is 0 Å². The SMILES string of the molecule is O=C(O)C1CN(C(F)(F)F)CCN1. The van der Waals surface area contributed by atoms with Gasteiger partial charge >= 0.3 is 12.3 Å². The van der Waals surface area contributed by atoms with Gasteiger partial charge in [0.15, 0.2) is 0 Å². The van der Waals surface area contributed by atoms with Gasteiger partial charge < -0.3 is 10.4 Å². The zero-order valence-electron chi connectivity index (χ0n) is 6.64. The quantitative estimate of drug-likeness (QED) is 0.576. The van der Waals surface area contributed by atoms with Crippen LogP contribution in [-0.2, 0) is 4.79 Å². The predicted octanol–water partition coefficient (Wildman–Crippen LogP) is -0.135. The van der Waals surface area contributed by atoms with Crippen molar-refractivity contribution < 1.29 is 23.1 Å². The zero-order chi connectivity index (χ0) is 10.1. The van der Waals surface area contributed by atoms with Crippen molar-refractivity contribution in [2.24, 2.45) is 0 Å². The van der Waals surface area contributed by atoms with Crippen molar-refractivity contribution in [3.05, 3.63) is 0 Å². The Morgan fingerprint density at radius 2 is 2.15 bits per heavy atom. The molecule has 2 N–H and O–H groups in total. The molecule has 0 aromatic carbocycles. The van der Waals surface area contributed by atoms with Crippen molar-refractivity contribution in [3.8, 4) is 0 Å². The number of hydrogen-bond acceptors (Lipinski definition) is 3. The van der Waals surface area contributed by atoms with E-state index in [0.717, 1.165) is 0 Å². The molecule has 13 heavy (non-hydrogen) atoms. The third-order valence-electron chi connectivity index (χ3n) is 1.83. The van der Waals surface area contributed by atoms with E-state index >= 15 is 0 Å². The summed E-state index contributed by atoms with van der Waals surface area (Å²) in [6, 6.07) is -1.13. The summed E-state index contributed by atoms with van der Waals surface area (Å²) in [6.07, 6.45) is -4.43.